The lowest BCUT2D eigenvalue weighted by Gasteiger charge is -2.11. The van der Waals surface area contributed by atoms with Crippen LogP contribution in [-0.4, -0.2) is 29.1 Å². The van der Waals surface area contributed by atoms with Crippen LogP contribution >= 0.6 is 0 Å². The van der Waals surface area contributed by atoms with Crippen molar-refractivity contribution in [1.82, 2.24) is 18.8 Å². The molecule has 0 spiro atoms. The highest BCUT2D eigenvalue weighted by Crippen LogP contribution is 2.25. The Morgan fingerprint density at radius 3 is 2.55 bits per heavy atom. The minimum absolute atomic E-state index is 0.0404. The minimum atomic E-state index is -3.80. The average molecular weight is 463 g/mol. The van der Waals surface area contributed by atoms with Gasteiger partial charge in [-0.25, -0.2) is 22.9 Å². The third-order valence-electron chi connectivity index (χ3n) is 5.67. The first-order valence-electron chi connectivity index (χ1n) is 10.4. The smallest absolute Gasteiger partial charge is 0.408 e. The van der Waals surface area contributed by atoms with E-state index in [9.17, 15) is 13.2 Å². The second kappa shape index (κ2) is 8.02. The Morgan fingerprint density at radius 1 is 1.00 bits per heavy atom. The predicted molar refractivity (Wildman–Crippen MR) is 127 cm³/mol. The zero-order valence-corrected chi connectivity index (χ0v) is 19.0. The van der Waals surface area contributed by atoms with Gasteiger partial charge in [-0.3, -0.25) is 4.57 Å². The first kappa shape index (κ1) is 21.2. The molecule has 0 unspecified atom stereocenters. The molecule has 168 valence electrons. The minimum Gasteiger partial charge on any atom is -0.408 e. The molecule has 2 aromatic heterocycles. The largest absolute Gasteiger partial charge is 0.419 e. The number of para-hydroxylation sites is 2. The molecule has 0 aliphatic rings. The summed E-state index contributed by atoms with van der Waals surface area (Å²) < 4.78 is 36.9. The standard InChI is InChI=1S/C24H22N4O4S/c1-16-7-9-17(10-8-16)23-26-19-5-3-4-6-20(19)28(23)14-13-25-33(30,31)18-11-12-21-22(15-18)32-24(29)27(21)2/h3-12,15,25H,13-14H2,1-2H3. The maximum Gasteiger partial charge on any atom is 0.419 e. The number of imidazole rings is 1. The van der Waals surface area contributed by atoms with Crippen molar-refractivity contribution in [3.05, 3.63) is 82.8 Å². The highest BCUT2D eigenvalue weighted by Gasteiger charge is 2.18. The Kier molecular flexibility index (Phi) is 5.15. The number of aryl methyl sites for hydroxylation is 2. The van der Waals surface area contributed by atoms with Crippen molar-refractivity contribution in [2.45, 2.75) is 18.4 Å². The Bertz CT molecular complexity index is 1640. The fourth-order valence-corrected chi connectivity index (χ4v) is 4.92. The van der Waals surface area contributed by atoms with E-state index in [1.54, 1.807) is 13.1 Å². The molecule has 0 amide bonds. The van der Waals surface area contributed by atoms with Crippen LogP contribution in [0.2, 0.25) is 0 Å². The molecular weight excluding hydrogens is 440 g/mol. The second-order valence-corrected chi connectivity index (χ2v) is 9.66. The molecule has 8 nitrogen and oxygen atoms in total. The van der Waals surface area contributed by atoms with Gasteiger partial charge in [0.25, 0.3) is 0 Å². The zero-order valence-electron chi connectivity index (χ0n) is 18.1. The van der Waals surface area contributed by atoms with Gasteiger partial charge in [-0.15, -0.1) is 0 Å². The number of oxazole rings is 1. The normalized spacial score (nSPS) is 12.1. The molecular formula is C24H22N4O4S. The molecule has 0 bridgehead atoms. The number of hydrogen-bond donors (Lipinski definition) is 1. The van der Waals surface area contributed by atoms with Crippen molar-refractivity contribution >= 4 is 32.2 Å². The van der Waals surface area contributed by atoms with E-state index >= 15 is 0 Å². The Hall–Kier alpha value is -3.69. The van der Waals surface area contributed by atoms with Crippen LogP contribution in [0.15, 0.2) is 80.8 Å². The average Bonchev–Trinajstić information content (AvgIpc) is 3.31. The molecule has 1 N–H and O–H groups in total. The summed E-state index contributed by atoms with van der Waals surface area (Å²) in [6.07, 6.45) is 0. The number of nitrogens with zero attached hydrogens (tertiary/aromatic N) is 3. The van der Waals surface area contributed by atoms with Crippen LogP contribution in [0, 0.1) is 6.92 Å². The number of nitrogens with one attached hydrogen (secondary N) is 1. The number of aromatic nitrogens is 3. The molecule has 2 heterocycles. The summed E-state index contributed by atoms with van der Waals surface area (Å²) in [6, 6.07) is 20.3. The molecule has 0 aliphatic carbocycles. The van der Waals surface area contributed by atoms with E-state index in [4.69, 9.17) is 9.40 Å². The topological polar surface area (TPSA) is 99.1 Å². The van der Waals surface area contributed by atoms with Crippen molar-refractivity contribution in [2.24, 2.45) is 7.05 Å². The SMILES string of the molecule is Cc1ccc(-c2nc3ccccc3n2CCNS(=O)(=O)c2ccc3c(c2)oc(=O)n3C)cc1. The number of benzene rings is 3. The van der Waals surface area contributed by atoms with Gasteiger partial charge in [0.2, 0.25) is 10.0 Å². The first-order valence-corrected chi connectivity index (χ1v) is 11.9. The molecule has 0 radical (unpaired) electrons. The third kappa shape index (κ3) is 3.85. The van der Waals surface area contributed by atoms with Gasteiger partial charge in [0.05, 0.1) is 21.4 Å². The Morgan fingerprint density at radius 2 is 1.76 bits per heavy atom. The van der Waals surface area contributed by atoms with E-state index in [2.05, 4.69) is 4.72 Å². The van der Waals surface area contributed by atoms with Crippen LogP contribution in [0.3, 0.4) is 0 Å². The van der Waals surface area contributed by atoms with E-state index in [1.807, 2.05) is 60.0 Å². The maximum absolute atomic E-state index is 12.9. The molecule has 0 saturated carbocycles. The van der Waals surface area contributed by atoms with E-state index in [1.165, 1.54) is 16.7 Å². The van der Waals surface area contributed by atoms with Crippen LogP contribution in [0.25, 0.3) is 33.5 Å². The summed E-state index contributed by atoms with van der Waals surface area (Å²) in [7, 11) is -2.23. The molecule has 5 aromatic rings. The van der Waals surface area contributed by atoms with Gasteiger partial charge in [-0.05, 0) is 31.2 Å². The molecule has 5 rings (SSSR count). The second-order valence-electron chi connectivity index (χ2n) is 7.90. The number of sulfonamides is 1. The highest BCUT2D eigenvalue weighted by atomic mass is 32.2. The lowest BCUT2D eigenvalue weighted by Crippen LogP contribution is -2.27. The molecule has 0 atom stereocenters. The molecule has 3 aromatic carbocycles. The van der Waals surface area contributed by atoms with Crippen LogP contribution < -0.4 is 10.5 Å². The monoisotopic (exact) mass is 462 g/mol. The lowest BCUT2D eigenvalue weighted by molar-refractivity contribution is 0.527. The van der Waals surface area contributed by atoms with Crippen LogP contribution in [0.1, 0.15) is 5.56 Å². The summed E-state index contributed by atoms with van der Waals surface area (Å²) in [5.74, 6) is 0.242. The fourth-order valence-electron chi connectivity index (χ4n) is 3.88. The van der Waals surface area contributed by atoms with Crippen LogP contribution in [0.4, 0.5) is 0 Å². The van der Waals surface area contributed by atoms with Gasteiger partial charge in [-0.2, -0.15) is 0 Å². The van der Waals surface area contributed by atoms with Crippen LogP contribution in [-0.2, 0) is 23.6 Å². The zero-order chi connectivity index (χ0) is 23.2. The Labute approximate surface area is 190 Å². The quantitative estimate of drug-likeness (QED) is 0.417. The summed E-state index contributed by atoms with van der Waals surface area (Å²) in [5, 5.41) is 0. The van der Waals surface area contributed by atoms with Crippen molar-refractivity contribution < 1.29 is 12.8 Å². The van der Waals surface area contributed by atoms with Gasteiger partial charge in [0.15, 0.2) is 5.58 Å². The van der Waals surface area contributed by atoms with E-state index in [-0.39, 0.29) is 17.0 Å². The molecule has 0 aliphatic heterocycles. The third-order valence-corrected chi connectivity index (χ3v) is 7.12. The molecule has 0 fully saturated rings. The van der Waals surface area contributed by atoms with E-state index in [0.717, 1.165) is 28.0 Å². The number of rotatable bonds is 6. The van der Waals surface area contributed by atoms with Crippen molar-refractivity contribution in [1.29, 1.82) is 0 Å². The summed E-state index contributed by atoms with van der Waals surface area (Å²) in [5.41, 5.74) is 4.66. The van der Waals surface area contributed by atoms with Gasteiger partial charge in [0.1, 0.15) is 5.82 Å². The highest BCUT2D eigenvalue weighted by molar-refractivity contribution is 7.89. The van der Waals surface area contributed by atoms with E-state index < -0.39 is 15.8 Å². The summed E-state index contributed by atoms with van der Waals surface area (Å²) >= 11 is 0. The van der Waals surface area contributed by atoms with Gasteiger partial charge in [-0.1, -0.05) is 42.0 Å². The molecule has 0 saturated heterocycles. The van der Waals surface area contributed by atoms with Crippen molar-refractivity contribution in [2.75, 3.05) is 6.54 Å². The molecule has 33 heavy (non-hydrogen) atoms. The maximum atomic E-state index is 12.9. The van der Waals surface area contributed by atoms with Gasteiger partial charge >= 0.3 is 5.76 Å². The van der Waals surface area contributed by atoms with E-state index in [0.29, 0.717) is 12.1 Å². The number of hydrogen-bond acceptors (Lipinski definition) is 5. The molecule has 9 heteroatoms. The first-order chi connectivity index (χ1) is 15.8. The number of fused-ring (bicyclic) bond motifs is 2. The van der Waals surface area contributed by atoms with Crippen LogP contribution in [0.5, 0.6) is 0 Å². The van der Waals surface area contributed by atoms with Gasteiger partial charge in [0, 0.05) is 31.8 Å². The van der Waals surface area contributed by atoms with Crippen molar-refractivity contribution in [3.63, 3.8) is 0 Å². The Balaban J connectivity index is 1.42. The van der Waals surface area contributed by atoms with Gasteiger partial charge < -0.3 is 8.98 Å². The predicted octanol–water partition coefficient (Wildman–Crippen LogP) is 3.44. The summed E-state index contributed by atoms with van der Waals surface area (Å²) in [6.45, 7) is 2.59. The fraction of sp³-hybridized carbons (Fsp3) is 0.167. The summed E-state index contributed by atoms with van der Waals surface area (Å²) in [4.78, 5) is 16.5. The van der Waals surface area contributed by atoms with Crippen molar-refractivity contribution in [3.8, 4) is 11.4 Å². The lowest BCUT2D eigenvalue weighted by atomic mass is 10.1.